The van der Waals surface area contributed by atoms with Crippen molar-refractivity contribution in [3.05, 3.63) is 54.1 Å². The second kappa shape index (κ2) is 6.30. The Kier molecular flexibility index (Phi) is 4.21. The second-order valence-electron chi connectivity index (χ2n) is 5.74. The van der Waals surface area contributed by atoms with Gasteiger partial charge in [-0.3, -0.25) is 4.79 Å². The lowest BCUT2D eigenvalue weighted by Crippen LogP contribution is -2.42. The molecule has 3 N–H and O–H groups in total. The number of para-hydroxylation sites is 2. The van der Waals surface area contributed by atoms with E-state index in [4.69, 9.17) is 15.2 Å². The van der Waals surface area contributed by atoms with Crippen LogP contribution in [-0.4, -0.2) is 18.6 Å². The quantitative estimate of drug-likeness (QED) is 0.860. The first-order valence-electron chi connectivity index (χ1n) is 7.58. The SMILES string of the molecule is COc1ccccc1Oc1ccc(CNC(=O)C2(N)CC2)cc1. The molecule has 1 saturated carbocycles. The van der Waals surface area contributed by atoms with Gasteiger partial charge in [0.15, 0.2) is 11.5 Å². The summed E-state index contributed by atoms with van der Waals surface area (Å²) in [7, 11) is 1.61. The fraction of sp³-hybridized carbons (Fsp3) is 0.278. The summed E-state index contributed by atoms with van der Waals surface area (Å²) in [5.41, 5.74) is 6.21. The summed E-state index contributed by atoms with van der Waals surface area (Å²) in [4.78, 5) is 11.8. The molecule has 0 heterocycles. The van der Waals surface area contributed by atoms with Gasteiger partial charge in [-0.1, -0.05) is 24.3 Å². The van der Waals surface area contributed by atoms with Crippen LogP contribution in [0.4, 0.5) is 0 Å². The van der Waals surface area contributed by atoms with Crippen LogP contribution >= 0.6 is 0 Å². The second-order valence-corrected chi connectivity index (χ2v) is 5.74. The van der Waals surface area contributed by atoms with Gasteiger partial charge in [0.1, 0.15) is 5.75 Å². The zero-order chi connectivity index (χ0) is 16.3. The van der Waals surface area contributed by atoms with E-state index in [2.05, 4.69) is 5.32 Å². The summed E-state index contributed by atoms with van der Waals surface area (Å²) in [6.45, 7) is 0.465. The number of ether oxygens (including phenoxy) is 2. The molecule has 0 bridgehead atoms. The van der Waals surface area contributed by atoms with Gasteiger partial charge in [-0.05, 0) is 42.7 Å². The van der Waals surface area contributed by atoms with Crippen molar-refractivity contribution in [1.82, 2.24) is 5.32 Å². The lowest BCUT2D eigenvalue weighted by atomic mass is 10.2. The largest absolute Gasteiger partial charge is 0.493 e. The normalized spacial score (nSPS) is 14.9. The Bertz CT molecular complexity index is 694. The summed E-state index contributed by atoms with van der Waals surface area (Å²) in [6.07, 6.45) is 1.54. The molecule has 0 spiro atoms. The number of methoxy groups -OCH3 is 1. The van der Waals surface area contributed by atoms with Crippen LogP contribution in [0.2, 0.25) is 0 Å². The number of hydrogen-bond acceptors (Lipinski definition) is 4. The average molecular weight is 312 g/mol. The minimum Gasteiger partial charge on any atom is -0.493 e. The van der Waals surface area contributed by atoms with E-state index >= 15 is 0 Å². The third-order valence-corrected chi connectivity index (χ3v) is 3.91. The van der Waals surface area contributed by atoms with Gasteiger partial charge in [-0.2, -0.15) is 0 Å². The summed E-state index contributed by atoms with van der Waals surface area (Å²) in [5.74, 6) is 1.98. The highest BCUT2D eigenvalue weighted by Gasteiger charge is 2.45. The maximum absolute atomic E-state index is 11.8. The minimum atomic E-state index is -0.632. The molecule has 0 radical (unpaired) electrons. The van der Waals surface area contributed by atoms with Crippen molar-refractivity contribution in [3.8, 4) is 17.2 Å². The Morgan fingerprint density at radius 1 is 1.13 bits per heavy atom. The van der Waals surface area contributed by atoms with Gasteiger partial charge < -0.3 is 20.5 Å². The molecule has 1 amide bonds. The van der Waals surface area contributed by atoms with E-state index in [9.17, 15) is 4.79 Å². The third-order valence-electron chi connectivity index (χ3n) is 3.91. The number of amides is 1. The molecule has 2 aromatic carbocycles. The molecule has 0 aliphatic heterocycles. The van der Waals surface area contributed by atoms with E-state index in [-0.39, 0.29) is 5.91 Å². The number of carbonyl (C=O) groups excluding carboxylic acids is 1. The number of nitrogens with one attached hydrogen (secondary N) is 1. The Balaban J connectivity index is 1.59. The standard InChI is InChI=1S/C18H20N2O3/c1-22-15-4-2-3-5-16(15)23-14-8-6-13(7-9-14)12-20-17(21)18(19)10-11-18/h2-9H,10-12,19H2,1H3,(H,20,21). The van der Waals surface area contributed by atoms with Crippen molar-refractivity contribution in [1.29, 1.82) is 0 Å². The summed E-state index contributed by atoms with van der Waals surface area (Å²) < 4.78 is 11.1. The van der Waals surface area contributed by atoms with Crippen LogP contribution < -0.4 is 20.5 Å². The van der Waals surface area contributed by atoms with E-state index < -0.39 is 5.54 Å². The molecule has 3 rings (SSSR count). The molecule has 0 saturated heterocycles. The van der Waals surface area contributed by atoms with Crippen LogP contribution in [0, 0.1) is 0 Å². The molecule has 1 aliphatic rings. The van der Waals surface area contributed by atoms with E-state index in [1.54, 1.807) is 7.11 Å². The predicted octanol–water partition coefficient (Wildman–Crippen LogP) is 2.60. The van der Waals surface area contributed by atoms with E-state index in [0.29, 0.717) is 23.8 Å². The maximum Gasteiger partial charge on any atom is 0.240 e. The first-order valence-corrected chi connectivity index (χ1v) is 7.58. The van der Waals surface area contributed by atoms with Crippen LogP contribution in [-0.2, 0) is 11.3 Å². The fourth-order valence-corrected chi connectivity index (χ4v) is 2.23. The van der Waals surface area contributed by atoms with Gasteiger partial charge in [0.05, 0.1) is 12.6 Å². The first kappa shape index (κ1) is 15.4. The molecule has 0 aromatic heterocycles. The number of rotatable bonds is 6. The average Bonchev–Trinajstić information content (AvgIpc) is 3.33. The Labute approximate surface area is 135 Å². The number of benzene rings is 2. The summed E-state index contributed by atoms with van der Waals surface area (Å²) >= 11 is 0. The van der Waals surface area contributed by atoms with Gasteiger partial charge in [0.2, 0.25) is 5.91 Å². The Hall–Kier alpha value is -2.53. The van der Waals surface area contributed by atoms with Crippen LogP contribution in [0.1, 0.15) is 18.4 Å². The van der Waals surface area contributed by atoms with Crippen LogP contribution in [0.3, 0.4) is 0 Å². The number of nitrogens with two attached hydrogens (primary N) is 1. The van der Waals surface area contributed by atoms with Gasteiger partial charge in [-0.15, -0.1) is 0 Å². The monoisotopic (exact) mass is 312 g/mol. The molecule has 0 unspecified atom stereocenters. The van der Waals surface area contributed by atoms with Crippen molar-refractivity contribution in [2.75, 3.05) is 7.11 Å². The van der Waals surface area contributed by atoms with Gasteiger partial charge in [0, 0.05) is 6.54 Å². The van der Waals surface area contributed by atoms with Gasteiger partial charge >= 0.3 is 0 Å². The summed E-state index contributed by atoms with van der Waals surface area (Å²) in [6, 6.07) is 15.0. The fourth-order valence-electron chi connectivity index (χ4n) is 2.23. The molecular formula is C18H20N2O3. The third kappa shape index (κ3) is 3.63. The minimum absolute atomic E-state index is 0.0770. The van der Waals surface area contributed by atoms with Crippen molar-refractivity contribution < 1.29 is 14.3 Å². The zero-order valence-electron chi connectivity index (χ0n) is 13.0. The molecule has 5 heteroatoms. The van der Waals surface area contributed by atoms with Crippen molar-refractivity contribution >= 4 is 5.91 Å². The summed E-state index contributed by atoms with van der Waals surface area (Å²) in [5, 5.41) is 2.86. The maximum atomic E-state index is 11.8. The topological polar surface area (TPSA) is 73.6 Å². The van der Waals surface area contributed by atoms with E-state index in [1.165, 1.54) is 0 Å². The predicted molar refractivity (Wildman–Crippen MR) is 87.5 cm³/mol. The van der Waals surface area contributed by atoms with Crippen LogP contribution in [0.5, 0.6) is 17.2 Å². The highest BCUT2D eigenvalue weighted by atomic mass is 16.5. The zero-order valence-corrected chi connectivity index (χ0v) is 13.0. The lowest BCUT2D eigenvalue weighted by molar-refractivity contribution is -0.123. The first-order chi connectivity index (χ1) is 11.1. The van der Waals surface area contributed by atoms with Gasteiger partial charge in [0.25, 0.3) is 0 Å². The van der Waals surface area contributed by atoms with Crippen molar-refractivity contribution in [3.63, 3.8) is 0 Å². The molecule has 5 nitrogen and oxygen atoms in total. The molecule has 23 heavy (non-hydrogen) atoms. The van der Waals surface area contributed by atoms with Crippen molar-refractivity contribution in [2.24, 2.45) is 5.73 Å². The Morgan fingerprint density at radius 2 is 1.78 bits per heavy atom. The molecule has 0 atom stereocenters. The lowest BCUT2D eigenvalue weighted by Gasteiger charge is -2.12. The van der Waals surface area contributed by atoms with Crippen LogP contribution in [0.25, 0.3) is 0 Å². The highest BCUT2D eigenvalue weighted by molar-refractivity contribution is 5.88. The molecule has 2 aromatic rings. The molecule has 120 valence electrons. The Morgan fingerprint density at radius 3 is 2.39 bits per heavy atom. The van der Waals surface area contributed by atoms with Crippen molar-refractivity contribution in [2.45, 2.75) is 24.9 Å². The molecule has 1 aliphatic carbocycles. The van der Waals surface area contributed by atoms with E-state index in [1.807, 2.05) is 48.5 Å². The smallest absolute Gasteiger partial charge is 0.240 e. The highest BCUT2D eigenvalue weighted by Crippen LogP contribution is 2.32. The molecular weight excluding hydrogens is 292 g/mol. The number of hydrogen-bond donors (Lipinski definition) is 2. The van der Waals surface area contributed by atoms with Crippen LogP contribution in [0.15, 0.2) is 48.5 Å². The van der Waals surface area contributed by atoms with Gasteiger partial charge in [-0.25, -0.2) is 0 Å². The molecule has 1 fully saturated rings. The van der Waals surface area contributed by atoms with E-state index in [0.717, 1.165) is 18.4 Å². The number of carbonyl (C=O) groups is 1.